The number of hydrogen-bond donors (Lipinski definition) is 0. The topological polar surface area (TPSA) is 9.23 Å². The lowest BCUT2D eigenvalue weighted by Crippen LogP contribution is -2.24. The number of rotatable bonds is 5. The van der Waals surface area contributed by atoms with Crippen LogP contribution in [-0.2, 0) is 4.43 Å². The molecule has 0 bridgehead atoms. The SMILES string of the molecule is CCCCC1C=C(O[Si](C)(C)C)CC1. The van der Waals surface area contributed by atoms with Gasteiger partial charge in [0.15, 0.2) is 0 Å². The molecule has 0 aliphatic heterocycles. The second-order valence-electron chi connectivity index (χ2n) is 5.29. The Morgan fingerprint density at radius 2 is 2.14 bits per heavy atom. The van der Waals surface area contributed by atoms with Crippen LogP contribution < -0.4 is 0 Å². The molecular formula is C12H24OSi. The zero-order valence-corrected chi connectivity index (χ0v) is 11.1. The molecule has 0 fully saturated rings. The average molecular weight is 212 g/mol. The fourth-order valence-corrected chi connectivity index (χ4v) is 2.89. The van der Waals surface area contributed by atoms with Crippen molar-refractivity contribution in [3.05, 3.63) is 11.8 Å². The third kappa shape index (κ3) is 4.31. The van der Waals surface area contributed by atoms with Crippen LogP contribution in [0.25, 0.3) is 0 Å². The predicted octanol–water partition coefficient (Wildman–Crippen LogP) is 4.32. The van der Waals surface area contributed by atoms with Gasteiger partial charge in [-0.15, -0.1) is 0 Å². The van der Waals surface area contributed by atoms with Crippen LogP contribution in [0.4, 0.5) is 0 Å². The van der Waals surface area contributed by atoms with Crippen LogP contribution in [0.1, 0.15) is 39.0 Å². The first-order valence-corrected chi connectivity index (χ1v) is 9.32. The van der Waals surface area contributed by atoms with Crippen LogP contribution in [-0.4, -0.2) is 8.32 Å². The smallest absolute Gasteiger partial charge is 0.241 e. The Morgan fingerprint density at radius 1 is 1.43 bits per heavy atom. The Bertz CT molecular complexity index is 203. The van der Waals surface area contributed by atoms with Gasteiger partial charge in [0.1, 0.15) is 0 Å². The molecule has 0 radical (unpaired) electrons. The maximum absolute atomic E-state index is 6.01. The molecule has 0 aromatic heterocycles. The minimum absolute atomic E-state index is 0.807. The van der Waals surface area contributed by atoms with Gasteiger partial charge in [-0.05, 0) is 44.5 Å². The third-order valence-electron chi connectivity index (χ3n) is 2.55. The molecule has 0 saturated heterocycles. The van der Waals surface area contributed by atoms with E-state index in [2.05, 4.69) is 32.6 Å². The van der Waals surface area contributed by atoms with Gasteiger partial charge in [-0.2, -0.15) is 0 Å². The van der Waals surface area contributed by atoms with E-state index in [4.69, 9.17) is 4.43 Å². The van der Waals surface area contributed by atoms with Crippen molar-refractivity contribution in [1.82, 2.24) is 0 Å². The van der Waals surface area contributed by atoms with Crippen LogP contribution >= 0.6 is 0 Å². The first-order valence-electron chi connectivity index (χ1n) is 5.91. The fraction of sp³-hybridized carbons (Fsp3) is 0.833. The molecule has 1 nitrogen and oxygen atoms in total. The molecule has 1 aliphatic rings. The Morgan fingerprint density at radius 3 is 2.71 bits per heavy atom. The molecule has 0 N–H and O–H groups in total. The molecule has 2 heteroatoms. The number of unbranched alkanes of at least 4 members (excludes halogenated alkanes) is 1. The summed E-state index contributed by atoms with van der Waals surface area (Å²) in [7, 11) is -1.35. The molecule has 1 unspecified atom stereocenters. The van der Waals surface area contributed by atoms with Gasteiger partial charge in [0.05, 0.1) is 5.76 Å². The Kier molecular flexibility index (Phi) is 4.23. The highest BCUT2D eigenvalue weighted by molar-refractivity contribution is 6.70. The lowest BCUT2D eigenvalue weighted by Gasteiger charge is -2.19. The van der Waals surface area contributed by atoms with Crippen LogP contribution in [0, 0.1) is 5.92 Å². The number of allylic oxidation sites excluding steroid dienone is 2. The van der Waals surface area contributed by atoms with Crippen molar-refractivity contribution >= 4 is 8.32 Å². The van der Waals surface area contributed by atoms with Crippen molar-refractivity contribution in [2.75, 3.05) is 0 Å². The van der Waals surface area contributed by atoms with Gasteiger partial charge in [-0.3, -0.25) is 0 Å². The second-order valence-corrected chi connectivity index (χ2v) is 9.72. The van der Waals surface area contributed by atoms with E-state index in [9.17, 15) is 0 Å². The zero-order chi connectivity index (χ0) is 10.6. The van der Waals surface area contributed by atoms with Crippen LogP contribution in [0.3, 0.4) is 0 Å². The maximum atomic E-state index is 6.01. The average Bonchev–Trinajstić information content (AvgIpc) is 2.46. The predicted molar refractivity (Wildman–Crippen MR) is 64.8 cm³/mol. The van der Waals surface area contributed by atoms with Gasteiger partial charge >= 0.3 is 0 Å². The molecule has 82 valence electrons. The van der Waals surface area contributed by atoms with Gasteiger partial charge < -0.3 is 4.43 Å². The van der Waals surface area contributed by atoms with E-state index in [0.717, 1.165) is 5.92 Å². The van der Waals surface area contributed by atoms with Crippen LogP contribution in [0.5, 0.6) is 0 Å². The van der Waals surface area contributed by atoms with E-state index in [1.54, 1.807) is 0 Å². The van der Waals surface area contributed by atoms with Crippen LogP contribution in [0.2, 0.25) is 19.6 Å². The second kappa shape index (κ2) is 5.01. The van der Waals surface area contributed by atoms with Crippen molar-refractivity contribution < 1.29 is 4.43 Å². The van der Waals surface area contributed by atoms with Crippen molar-refractivity contribution in [2.24, 2.45) is 5.92 Å². The van der Waals surface area contributed by atoms with E-state index in [0.29, 0.717) is 0 Å². The van der Waals surface area contributed by atoms with Gasteiger partial charge in [0.25, 0.3) is 0 Å². The molecule has 1 atom stereocenters. The minimum atomic E-state index is -1.35. The number of hydrogen-bond acceptors (Lipinski definition) is 1. The summed E-state index contributed by atoms with van der Waals surface area (Å²) in [4.78, 5) is 0. The van der Waals surface area contributed by atoms with E-state index in [1.165, 1.54) is 37.9 Å². The lowest BCUT2D eigenvalue weighted by molar-refractivity contribution is 0.407. The molecule has 1 rings (SSSR count). The summed E-state index contributed by atoms with van der Waals surface area (Å²) >= 11 is 0. The first kappa shape index (κ1) is 11.8. The van der Waals surface area contributed by atoms with E-state index in [1.807, 2.05) is 0 Å². The highest BCUT2D eigenvalue weighted by atomic mass is 28.4. The molecule has 0 heterocycles. The Labute approximate surface area is 89.7 Å². The molecule has 0 amide bonds. The summed E-state index contributed by atoms with van der Waals surface area (Å²) in [5, 5.41) is 0. The normalized spacial score (nSPS) is 22.3. The maximum Gasteiger partial charge on any atom is 0.241 e. The van der Waals surface area contributed by atoms with Crippen molar-refractivity contribution in [3.8, 4) is 0 Å². The van der Waals surface area contributed by atoms with E-state index >= 15 is 0 Å². The lowest BCUT2D eigenvalue weighted by atomic mass is 10.0. The molecule has 0 saturated carbocycles. The Hall–Kier alpha value is -0.243. The van der Waals surface area contributed by atoms with Crippen molar-refractivity contribution in [2.45, 2.75) is 58.7 Å². The summed E-state index contributed by atoms with van der Waals surface area (Å²) in [5.74, 6) is 2.09. The molecule has 0 aromatic rings. The van der Waals surface area contributed by atoms with Crippen LogP contribution in [0.15, 0.2) is 11.8 Å². The summed E-state index contributed by atoms with van der Waals surface area (Å²) < 4.78 is 6.01. The van der Waals surface area contributed by atoms with E-state index in [-0.39, 0.29) is 0 Å². The highest BCUT2D eigenvalue weighted by Gasteiger charge is 2.22. The molecule has 0 spiro atoms. The molecule has 0 aromatic carbocycles. The summed E-state index contributed by atoms with van der Waals surface area (Å²) in [6.45, 7) is 9.03. The molecule has 1 aliphatic carbocycles. The molecule has 14 heavy (non-hydrogen) atoms. The van der Waals surface area contributed by atoms with Crippen molar-refractivity contribution in [1.29, 1.82) is 0 Å². The van der Waals surface area contributed by atoms with Gasteiger partial charge in [-0.1, -0.05) is 19.8 Å². The minimum Gasteiger partial charge on any atom is -0.548 e. The van der Waals surface area contributed by atoms with Gasteiger partial charge in [0, 0.05) is 6.42 Å². The third-order valence-corrected chi connectivity index (χ3v) is 3.42. The standard InChI is InChI=1S/C12H24OSi/c1-5-6-7-11-8-9-12(10-11)13-14(2,3)4/h10-11H,5-9H2,1-4H3. The van der Waals surface area contributed by atoms with Gasteiger partial charge in [-0.25, -0.2) is 0 Å². The zero-order valence-electron chi connectivity index (χ0n) is 10.1. The van der Waals surface area contributed by atoms with E-state index < -0.39 is 8.32 Å². The molecular weight excluding hydrogens is 188 g/mol. The monoisotopic (exact) mass is 212 g/mol. The summed E-state index contributed by atoms with van der Waals surface area (Å²) in [6.07, 6.45) is 8.91. The quantitative estimate of drug-likeness (QED) is 0.617. The van der Waals surface area contributed by atoms with Gasteiger partial charge in [0.2, 0.25) is 8.32 Å². The summed E-state index contributed by atoms with van der Waals surface area (Å²) in [6, 6.07) is 0. The Balaban J connectivity index is 2.35. The van der Waals surface area contributed by atoms with Crippen molar-refractivity contribution in [3.63, 3.8) is 0 Å². The highest BCUT2D eigenvalue weighted by Crippen LogP contribution is 2.30. The summed E-state index contributed by atoms with van der Waals surface area (Å²) in [5.41, 5.74) is 0. The fourth-order valence-electron chi connectivity index (χ4n) is 1.93. The first-order chi connectivity index (χ1) is 6.51. The largest absolute Gasteiger partial charge is 0.548 e.